The Morgan fingerprint density at radius 2 is 2.17 bits per heavy atom. The highest BCUT2D eigenvalue weighted by atomic mass is 32.2. The van der Waals surface area contributed by atoms with Crippen LogP contribution in [0.5, 0.6) is 0 Å². The molecule has 36 heavy (non-hydrogen) atoms. The maximum Gasteiger partial charge on any atom is 0.191 e. The van der Waals surface area contributed by atoms with Gasteiger partial charge in [-0.2, -0.15) is 0 Å². The summed E-state index contributed by atoms with van der Waals surface area (Å²) in [7, 11) is 0. The number of aromatic nitrogens is 5. The molecule has 12 heteroatoms. The maximum atomic E-state index is 14.5. The number of rotatable bonds is 10. The van der Waals surface area contributed by atoms with Crippen LogP contribution in [-0.4, -0.2) is 83.4 Å². The zero-order valence-electron chi connectivity index (χ0n) is 32.9. The van der Waals surface area contributed by atoms with E-state index in [9.17, 15) is 19.7 Å². The number of aryl methyl sites for hydroxylation is 1. The predicted molar refractivity (Wildman–Crippen MR) is 133 cm³/mol. The smallest absolute Gasteiger partial charge is 0.191 e. The highest BCUT2D eigenvalue weighted by Crippen LogP contribution is 2.44. The Labute approximate surface area is 232 Å². The lowest BCUT2D eigenvalue weighted by Gasteiger charge is -2.17. The maximum absolute atomic E-state index is 14.5. The molecule has 0 bridgehead atoms. The van der Waals surface area contributed by atoms with E-state index in [1.165, 1.54) is 19.1 Å². The third kappa shape index (κ3) is 4.92. The van der Waals surface area contributed by atoms with Gasteiger partial charge in [0.15, 0.2) is 22.1 Å². The van der Waals surface area contributed by atoms with Gasteiger partial charge in [-0.3, -0.25) is 0 Å². The molecule has 4 N–H and O–H groups in total. The van der Waals surface area contributed by atoms with Crippen LogP contribution in [0.25, 0.3) is 11.2 Å². The van der Waals surface area contributed by atoms with Crippen molar-refractivity contribution in [2.75, 3.05) is 24.2 Å². The molecule has 0 radical (unpaired) electrons. The zero-order chi connectivity index (χ0) is 38.1. The number of aliphatic hydroxyl groups is 3. The first kappa shape index (κ1) is 13.4. The number of ether oxygens (including phenoxy) is 1. The molecule has 3 aromatic rings. The summed E-state index contributed by atoms with van der Waals surface area (Å²) in [4.78, 5) is 8.40. The SMILES string of the molecule is [2H]C([2H])(O)C([2H])([2H])O[C@@]1([2H])C([2H])([2H])[C@@]([2H])(n2nnc3c(N[C@]4([2H])C([2H])([2H])[C@@]4([2H])c4ccc(C)c(F)c4)nc(SCCC)nc32)[C@]([2H])(O)[C@]1([2H])O. The van der Waals surface area contributed by atoms with E-state index in [1.54, 1.807) is 6.92 Å². The Kier molecular flexibility index (Phi) is 3.93. The van der Waals surface area contributed by atoms with Crippen LogP contribution in [0, 0.1) is 12.7 Å². The third-order valence-electron chi connectivity index (χ3n) is 5.16. The quantitative estimate of drug-likeness (QED) is 0.227. The lowest BCUT2D eigenvalue weighted by atomic mass is 10.1. The number of benzene rings is 1. The van der Waals surface area contributed by atoms with Gasteiger partial charge in [-0.1, -0.05) is 36.0 Å². The van der Waals surface area contributed by atoms with Crippen LogP contribution < -0.4 is 5.32 Å². The molecule has 2 heterocycles. The van der Waals surface area contributed by atoms with E-state index < -0.39 is 84.8 Å². The minimum atomic E-state index is -4.35. The van der Waals surface area contributed by atoms with Crippen LogP contribution in [0.3, 0.4) is 0 Å². The highest BCUT2D eigenvalue weighted by molar-refractivity contribution is 7.99. The van der Waals surface area contributed by atoms with Crippen molar-refractivity contribution in [2.45, 2.75) is 74.3 Å². The molecule has 6 atom stereocenters. The Morgan fingerprint density at radius 3 is 2.92 bits per heavy atom. The Bertz CT molecular complexity index is 1870. The molecule has 0 amide bonds. The topological polar surface area (TPSA) is 138 Å². The van der Waals surface area contributed by atoms with Gasteiger partial charge < -0.3 is 25.4 Å². The summed E-state index contributed by atoms with van der Waals surface area (Å²) in [6.45, 7) is -4.85. The number of hydrogen-bond acceptors (Lipinski definition) is 10. The van der Waals surface area contributed by atoms with Gasteiger partial charge in [0.1, 0.15) is 18.0 Å². The van der Waals surface area contributed by atoms with Crippen molar-refractivity contribution in [3.05, 3.63) is 35.1 Å². The molecular weight excluding hydrogens is 487 g/mol. The monoisotopic (exact) mass is 532 g/mol. The molecule has 2 aliphatic carbocycles. The van der Waals surface area contributed by atoms with Crippen LogP contribution in [0.1, 0.15) is 68.3 Å². The largest absolute Gasteiger partial charge is 0.394 e. The van der Waals surface area contributed by atoms with Crippen molar-refractivity contribution >= 4 is 28.7 Å². The summed E-state index contributed by atoms with van der Waals surface area (Å²) in [5, 5.41) is 41.6. The van der Waals surface area contributed by atoms with Crippen molar-refractivity contribution in [3.8, 4) is 0 Å². The van der Waals surface area contributed by atoms with Crippen LogP contribution >= 0.6 is 11.8 Å². The predicted octanol–water partition coefficient (Wildman–Crippen LogP) is 2.18. The molecule has 5 rings (SSSR count). The van der Waals surface area contributed by atoms with Gasteiger partial charge in [0.05, 0.1) is 37.6 Å². The zero-order valence-corrected chi connectivity index (χ0v) is 19.7. The van der Waals surface area contributed by atoms with E-state index in [4.69, 9.17) is 19.2 Å². The van der Waals surface area contributed by atoms with Gasteiger partial charge in [0.2, 0.25) is 0 Å². The summed E-state index contributed by atoms with van der Waals surface area (Å²) in [5.74, 6) is -3.42. The third-order valence-corrected chi connectivity index (χ3v) is 6.22. The van der Waals surface area contributed by atoms with Gasteiger partial charge in [0.25, 0.3) is 0 Å². The summed E-state index contributed by atoms with van der Waals surface area (Å²) in [6, 6.07) is -3.06. The second-order valence-corrected chi connectivity index (χ2v) is 8.72. The molecule has 10 nitrogen and oxygen atoms in total. The van der Waals surface area contributed by atoms with E-state index in [0.717, 1.165) is 17.8 Å². The number of halogens is 1. The number of anilines is 1. The lowest BCUT2D eigenvalue weighted by Crippen LogP contribution is -2.33. The number of nitrogens with one attached hydrogen (secondary N) is 1. The molecule has 2 aliphatic rings. The Morgan fingerprint density at radius 1 is 1.33 bits per heavy atom. The second kappa shape index (κ2) is 10.5. The van der Waals surface area contributed by atoms with E-state index in [2.05, 4.69) is 30.3 Å². The van der Waals surface area contributed by atoms with Crippen molar-refractivity contribution in [3.63, 3.8) is 0 Å². The van der Waals surface area contributed by atoms with Gasteiger partial charge in [-0.05, 0) is 36.9 Å². The molecule has 0 aliphatic heterocycles. The van der Waals surface area contributed by atoms with Crippen molar-refractivity contribution in [2.24, 2.45) is 0 Å². The first-order valence-corrected chi connectivity index (χ1v) is 11.7. The summed E-state index contributed by atoms with van der Waals surface area (Å²) < 4.78 is 136. The van der Waals surface area contributed by atoms with Crippen LogP contribution in [0.2, 0.25) is 0 Å². The average Bonchev–Trinajstić information content (AvgIpc) is 3.26. The van der Waals surface area contributed by atoms with Crippen molar-refractivity contribution < 1.29 is 43.6 Å². The Balaban J connectivity index is 1.71. The van der Waals surface area contributed by atoms with Gasteiger partial charge in [-0.25, -0.2) is 19.0 Å². The fourth-order valence-electron chi connectivity index (χ4n) is 3.31. The molecule has 2 fully saturated rings. The Hall–Kier alpha value is -2.38. The van der Waals surface area contributed by atoms with E-state index in [1.807, 2.05) is 0 Å². The number of nitrogens with zero attached hydrogens (tertiary/aromatic N) is 5. The summed E-state index contributed by atoms with van der Waals surface area (Å²) in [6.07, 6.45) is -19.2. The fraction of sp³-hybridized carbons (Fsp3) is 0.583. The minimum Gasteiger partial charge on any atom is -0.394 e. The normalized spacial score (nSPS) is 49.2. The molecule has 2 saturated carbocycles. The first-order chi connectivity index (χ1) is 22.5. The average molecular weight is 533 g/mol. The fourth-order valence-corrected chi connectivity index (χ4v) is 4.00. The standard InChI is InChI=1S/C24H31FN6O4S/c1-3-8-36-24-27-22(26-16-10-14(16)13-5-4-12(2)15(25)9-13)19-23(28-24)31(30-29-19)17-11-18(35-7-6-32)21(34)20(17)33/h4-5,9,14,16-18,20-21,32-34H,3,6-8,10-11H2,1-2H3,(H,26,27,28)/t14-,16+,17+,18-,20-,21+/m0/s1/i6D2,7D2,10D2,11D2,14D,16D,17D,18D,20D,21D. The summed E-state index contributed by atoms with van der Waals surface area (Å²) >= 11 is 0.945. The highest BCUT2D eigenvalue weighted by Gasteiger charge is 2.45. The van der Waals surface area contributed by atoms with Crippen molar-refractivity contribution in [1.29, 1.82) is 0 Å². The van der Waals surface area contributed by atoms with E-state index in [-0.39, 0.29) is 21.0 Å². The van der Waals surface area contributed by atoms with Gasteiger partial charge >= 0.3 is 0 Å². The lowest BCUT2D eigenvalue weighted by molar-refractivity contribution is -0.0629. The number of hydrogen-bond donors (Lipinski definition) is 4. The van der Waals surface area contributed by atoms with Crippen molar-refractivity contribution in [1.82, 2.24) is 25.0 Å². The van der Waals surface area contributed by atoms with Gasteiger partial charge in [-0.15, -0.1) is 5.10 Å². The molecule has 1 aromatic carbocycles. The van der Waals surface area contributed by atoms with E-state index in [0.29, 0.717) is 12.2 Å². The molecule has 2 aromatic heterocycles. The van der Waals surface area contributed by atoms with Crippen LogP contribution in [0.15, 0.2) is 23.4 Å². The van der Waals surface area contributed by atoms with Crippen LogP contribution in [-0.2, 0) is 4.74 Å². The van der Waals surface area contributed by atoms with E-state index >= 15 is 0 Å². The molecule has 194 valence electrons. The molecule has 0 saturated heterocycles. The first-order valence-electron chi connectivity index (χ1n) is 17.7. The number of thioether (sulfide) groups is 1. The van der Waals surface area contributed by atoms with Gasteiger partial charge in [0, 0.05) is 30.9 Å². The second-order valence-electron chi connectivity index (χ2n) is 7.66. The van der Waals surface area contributed by atoms with Crippen LogP contribution in [0.4, 0.5) is 10.2 Å². The molecular formula is C24H31FN6O4S. The summed E-state index contributed by atoms with van der Waals surface area (Å²) in [5.41, 5.74) is -1.35. The molecule has 0 unspecified atom stereocenters. The molecule has 0 spiro atoms. The minimum absolute atomic E-state index is 0.0714. The number of fused-ring (bicyclic) bond motifs is 1.